The highest BCUT2D eigenvalue weighted by atomic mass is 19.1. The molecule has 104 valence electrons. The normalized spacial score (nSPS) is 18.2. The predicted octanol–water partition coefficient (Wildman–Crippen LogP) is 1.44. The first kappa shape index (κ1) is 13.7. The van der Waals surface area contributed by atoms with Gasteiger partial charge in [0, 0.05) is 19.2 Å². The fraction of sp³-hybridized carbons (Fsp3) is 0.462. The van der Waals surface area contributed by atoms with E-state index >= 15 is 0 Å². The van der Waals surface area contributed by atoms with Crippen LogP contribution in [0.3, 0.4) is 0 Å². The Kier molecular flexibility index (Phi) is 3.71. The van der Waals surface area contributed by atoms with Crippen molar-refractivity contribution in [1.82, 2.24) is 0 Å². The zero-order valence-corrected chi connectivity index (χ0v) is 10.7. The van der Waals surface area contributed by atoms with E-state index in [0.717, 1.165) is 6.07 Å². The number of nitrogens with zero attached hydrogens (tertiary/aromatic N) is 1. The number of carbonyl (C=O) groups is 1. The fourth-order valence-corrected chi connectivity index (χ4v) is 2.29. The molecule has 1 heterocycles. The molecule has 4 nitrogen and oxygen atoms in total. The lowest BCUT2D eigenvalue weighted by molar-refractivity contribution is -0.147. The average Bonchev–Trinajstić information content (AvgIpc) is 2.39. The van der Waals surface area contributed by atoms with E-state index in [0.29, 0.717) is 31.6 Å². The molecule has 1 fully saturated rings. The van der Waals surface area contributed by atoms with Crippen molar-refractivity contribution in [1.29, 1.82) is 0 Å². The minimum atomic E-state index is -1.01. The minimum absolute atomic E-state index is 0.327. The molecule has 1 aliphatic rings. The molecule has 0 radical (unpaired) electrons. The third-order valence-corrected chi connectivity index (χ3v) is 3.50. The Hall–Kier alpha value is -1.69. The Morgan fingerprint density at radius 2 is 2.00 bits per heavy atom. The lowest BCUT2D eigenvalue weighted by atomic mass is 9.88. The first-order valence-electron chi connectivity index (χ1n) is 6.03. The van der Waals surface area contributed by atoms with Crippen LogP contribution in [-0.4, -0.2) is 31.7 Å². The van der Waals surface area contributed by atoms with Crippen LogP contribution in [0.2, 0.25) is 0 Å². The van der Waals surface area contributed by atoms with Crippen molar-refractivity contribution in [3.8, 4) is 0 Å². The lowest BCUT2D eigenvalue weighted by Crippen LogP contribution is -2.56. The zero-order valence-electron chi connectivity index (χ0n) is 10.7. The molecular weight excluding hydrogens is 254 g/mol. The molecule has 1 aromatic carbocycles. The van der Waals surface area contributed by atoms with E-state index in [1.54, 1.807) is 4.90 Å². The van der Waals surface area contributed by atoms with Crippen LogP contribution in [0.4, 0.5) is 14.5 Å². The summed E-state index contributed by atoms with van der Waals surface area (Å²) < 4.78 is 31.2. The summed E-state index contributed by atoms with van der Waals surface area (Å²) in [5.74, 6) is -1.67. The summed E-state index contributed by atoms with van der Waals surface area (Å²) in [5.41, 5.74) is 5.28. The van der Waals surface area contributed by atoms with Gasteiger partial charge in [0.1, 0.15) is 17.2 Å². The maximum Gasteiger partial charge on any atom is 0.325 e. The maximum absolute atomic E-state index is 13.6. The van der Waals surface area contributed by atoms with E-state index in [1.807, 2.05) is 0 Å². The number of benzene rings is 1. The van der Waals surface area contributed by atoms with Gasteiger partial charge in [-0.2, -0.15) is 0 Å². The number of esters is 1. The summed E-state index contributed by atoms with van der Waals surface area (Å²) in [5, 5.41) is 0. The van der Waals surface area contributed by atoms with Crippen molar-refractivity contribution in [3.63, 3.8) is 0 Å². The van der Waals surface area contributed by atoms with Gasteiger partial charge in [-0.15, -0.1) is 0 Å². The Bertz CT molecular complexity index is 486. The van der Waals surface area contributed by atoms with Crippen LogP contribution in [-0.2, 0) is 9.53 Å². The predicted molar refractivity (Wildman–Crippen MR) is 66.7 cm³/mol. The SMILES string of the molecule is COC(=O)C1(N)CCN(c2ccc(F)cc2F)CC1. The Balaban J connectivity index is 2.10. The molecule has 0 unspecified atom stereocenters. The molecule has 1 aliphatic heterocycles. The van der Waals surface area contributed by atoms with E-state index in [4.69, 9.17) is 5.73 Å². The van der Waals surface area contributed by atoms with Gasteiger partial charge >= 0.3 is 5.97 Å². The highest BCUT2D eigenvalue weighted by molar-refractivity contribution is 5.81. The van der Waals surface area contributed by atoms with Crippen LogP contribution in [0.1, 0.15) is 12.8 Å². The number of nitrogens with two attached hydrogens (primary N) is 1. The van der Waals surface area contributed by atoms with Crippen LogP contribution < -0.4 is 10.6 Å². The number of halogens is 2. The number of rotatable bonds is 2. The average molecular weight is 270 g/mol. The van der Waals surface area contributed by atoms with E-state index in [1.165, 1.54) is 19.2 Å². The third-order valence-electron chi connectivity index (χ3n) is 3.50. The number of methoxy groups -OCH3 is 1. The molecule has 0 spiro atoms. The van der Waals surface area contributed by atoms with Crippen molar-refractivity contribution in [2.75, 3.05) is 25.1 Å². The van der Waals surface area contributed by atoms with E-state index in [2.05, 4.69) is 4.74 Å². The molecule has 0 saturated carbocycles. The lowest BCUT2D eigenvalue weighted by Gasteiger charge is -2.38. The molecule has 0 aromatic heterocycles. The number of anilines is 1. The first-order chi connectivity index (χ1) is 8.96. The molecule has 0 amide bonds. The van der Waals surface area contributed by atoms with Crippen LogP contribution in [0.25, 0.3) is 0 Å². The van der Waals surface area contributed by atoms with E-state index < -0.39 is 23.1 Å². The van der Waals surface area contributed by atoms with Gasteiger partial charge in [0.05, 0.1) is 12.8 Å². The van der Waals surface area contributed by atoms with Gasteiger partial charge in [-0.05, 0) is 25.0 Å². The van der Waals surface area contributed by atoms with Gasteiger partial charge in [-0.3, -0.25) is 4.79 Å². The summed E-state index contributed by atoms with van der Waals surface area (Å²) in [7, 11) is 1.29. The molecule has 1 aromatic rings. The number of piperidine rings is 1. The van der Waals surface area contributed by atoms with Gasteiger partial charge in [0.25, 0.3) is 0 Å². The molecule has 0 aliphatic carbocycles. The van der Waals surface area contributed by atoms with Crippen molar-refractivity contribution in [2.45, 2.75) is 18.4 Å². The Labute approximate surface area is 110 Å². The molecule has 1 saturated heterocycles. The monoisotopic (exact) mass is 270 g/mol. The molecule has 6 heteroatoms. The van der Waals surface area contributed by atoms with E-state index in [9.17, 15) is 13.6 Å². The molecule has 2 rings (SSSR count). The molecule has 0 atom stereocenters. The molecule has 0 bridgehead atoms. The minimum Gasteiger partial charge on any atom is -0.468 e. The second-order valence-electron chi connectivity index (χ2n) is 4.73. The second kappa shape index (κ2) is 5.13. The zero-order chi connectivity index (χ0) is 14.0. The van der Waals surface area contributed by atoms with Crippen molar-refractivity contribution >= 4 is 11.7 Å². The first-order valence-corrected chi connectivity index (χ1v) is 6.03. The van der Waals surface area contributed by atoms with Gasteiger partial charge in [-0.1, -0.05) is 0 Å². The van der Waals surface area contributed by atoms with Gasteiger partial charge < -0.3 is 15.4 Å². The summed E-state index contributed by atoms with van der Waals surface area (Å²) in [4.78, 5) is 13.3. The largest absolute Gasteiger partial charge is 0.468 e. The number of hydrogen-bond donors (Lipinski definition) is 1. The van der Waals surface area contributed by atoms with Gasteiger partial charge in [0.15, 0.2) is 0 Å². The standard InChI is InChI=1S/C13H16F2N2O2/c1-19-12(18)13(16)4-6-17(7-5-13)11-3-2-9(14)8-10(11)15/h2-3,8H,4-7,16H2,1H3. The van der Waals surface area contributed by atoms with Crippen LogP contribution in [0.5, 0.6) is 0 Å². The van der Waals surface area contributed by atoms with Crippen molar-refractivity contribution in [2.24, 2.45) is 5.73 Å². The van der Waals surface area contributed by atoms with Crippen LogP contribution in [0, 0.1) is 11.6 Å². The summed E-state index contributed by atoms with van der Waals surface area (Å²) >= 11 is 0. The summed E-state index contributed by atoms with van der Waals surface area (Å²) in [6.07, 6.45) is 0.743. The van der Waals surface area contributed by atoms with Crippen molar-refractivity contribution in [3.05, 3.63) is 29.8 Å². The highest BCUT2D eigenvalue weighted by Gasteiger charge is 2.39. The highest BCUT2D eigenvalue weighted by Crippen LogP contribution is 2.27. The van der Waals surface area contributed by atoms with Crippen LogP contribution in [0.15, 0.2) is 18.2 Å². The Morgan fingerprint density at radius 3 is 2.53 bits per heavy atom. The quantitative estimate of drug-likeness (QED) is 0.826. The van der Waals surface area contributed by atoms with E-state index in [-0.39, 0.29) is 0 Å². The summed E-state index contributed by atoms with van der Waals surface area (Å²) in [6, 6.07) is 3.45. The number of ether oxygens (including phenoxy) is 1. The Morgan fingerprint density at radius 1 is 1.37 bits per heavy atom. The van der Waals surface area contributed by atoms with Gasteiger partial charge in [-0.25, -0.2) is 8.78 Å². The third kappa shape index (κ3) is 2.68. The van der Waals surface area contributed by atoms with Gasteiger partial charge in [0.2, 0.25) is 0 Å². The topological polar surface area (TPSA) is 55.6 Å². The van der Waals surface area contributed by atoms with Crippen LogP contribution >= 0.6 is 0 Å². The summed E-state index contributed by atoms with van der Waals surface area (Å²) in [6.45, 7) is 0.850. The second-order valence-corrected chi connectivity index (χ2v) is 4.73. The smallest absolute Gasteiger partial charge is 0.325 e. The number of hydrogen-bond acceptors (Lipinski definition) is 4. The molecule has 2 N–H and O–H groups in total. The maximum atomic E-state index is 13.6. The number of carbonyl (C=O) groups excluding carboxylic acids is 1. The molecular formula is C13H16F2N2O2. The van der Waals surface area contributed by atoms with Crippen molar-refractivity contribution < 1.29 is 18.3 Å². The molecule has 19 heavy (non-hydrogen) atoms. The fourth-order valence-electron chi connectivity index (χ4n) is 2.29.